The molecule has 1 aromatic carbocycles. The molecule has 0 fully saturated rings. The van der Waals surface area contributed by atoms with Crippen LogP contribution < -0.4 is 10.9 Å². The van der Waals surface area contributed by atoms with Crippen LogP contribution in [0.5, 0.6) is 0 Å². The van der Waals surface area contributed by atoms with Crippen molar-refractivity contribution in [2.24, 2.45) is 0 Å². The van der Waals surface area contributed by atoms with Gasteiger partial charge in [0.05, 0.1) is 16.5 Å². The van der Waals surface area contributed by atoms with Gasteiger partial charge < -0.3 is 15.2 Å². The van der Waals surface area contributed by atoms with Crippen LogP contribution in [0.3, 0.4) is 0 Å². The summed E-state index contributed by atoms with van der Waals surface area (Å²) < 4.78 is 13.2. The van der Waals surface area contributed by atoms with Crippen LogP contribution in [0.25, 0.3) is 10.8 Å². The smallest absolute Gasteiger partial charge is 0.322 e. The van der Waals surface area contributed by atoms with Gasteiger partial charge in [0.15, 0.2) is 0 Å². The summed E-state index contributed by atoms with van der Waals surface area (Å²) >= 11 is 5.73. The standard InChI is InChI=1S/C18H16ClFN4O2/c1-10(13-9-22-17(25)12-5-6-21-8-14(12)13)24(2)18(26)23-11-3-4-16(20)15(19)7-11/h3-10H,1-2H3,(H,22,25)(H,23,26). The number of urea groups is 1. The average molecular weight is 375 g/mol. The third-order valence-electron chi connectivity index (χ3n) is 4.26. The number of pyridine rings is 2. The molecule has 3 aromatic rings. The van der Waals surface area contributed by atoms with Gasteiger partial charge in [-0.2, -0.15) is 0 Å². The summed E-state index contributed by atoms with van der Waals surface area (Å²) in [4.78, 5) is 32.7. The molecule has 2 amide bonds. The first-order valence-electron chi connectivity index (χ1n) is 7.82. The molecule has 0 radical (unpaired) electrons. The number of fused-ring (bicyclic) bond motifs is 1. The molecule has 0 spiro atoms. The highest BCUT2D eigenvalue weighted by molar-refractivity contribution is 6.31. The van der Waals surface area contributed by atoms with Crippen LogP contribution >= 0.6 is 11.6 Å². The second kappa shape index (κ2) is 7.13. The Kier molecular flexibility index (Phi) is 4.90. The van der Waals surface area contributed by atoms with Crippen LogP contribution in [0, 0.1) is 5.82 Å². The van der Waals surface area contributed by atoms with E-state index in [2.05, 4.69) is 15.3 Å². The third-order valence-corrected chi connectivity index (χ3v) is 4.55. The number of carbonyl (C=O) groups excluding carboxylic acids is 1. The molecule has 2 heterocycles. The summed E-state index contributed by atoms with van der Waals surface area (Å²) in [5.74, 6) is -0.557. The zero-order chi connectivity index (χ0) is 18.8. The Balaban J connectivity index is 1.86. The number of hydrogen-bond donors (Lipinski definition) is 2. The molecule has 0 aliphatic heterocycles. The summed E-state index contributed by atoms with van der Waals surface area (Å²) in [6, 6.07) is 4.83. The summed E-state index contributed by atoms with van der Waals surface area (Å²) in [5, 5.41) is 3.77. The van der Waals surface area contributed by atoms with Gasteiger partial charge >= 0.3 is 6.03 Å². The summed E-state index contributed by atoms with van der Waals surface area (Å²) in [6.45, 7) is 1.83. The minimum absolute atomic E-state index is 0.0730. The molecule has 2 N–H and O–H groups in total. The second-order valence-corrected chi connectivity index (χ2v) is 6.25. The molecule has 6 nitrogen and oxygen atoms in total. The Labute approximate surface area is 153 Å². The minimum atomic E-state index is -0.557. The normalized spacial score (nSPS) is 12.0. The van der Waals surface area contributed by atoms with E-state index in [0.29, 0.717) is 16.5 Å². The summed E-state index contributed by atoms with van der Waals surface area (Å²) in [5.41, 5.74) is 0.919. The minimum Gasteiger partial charge on any atom is -0.328 e. The molecular weight excluding hydrogens is 359 g/mol. The number of aromatic amines is 1. The number of amides is 2. The largest absolute Gasteiger partial charge is 0.328 e. The predicted molar refractivity (Wildman–Crippen MR) is 99.0 cm³/mol. The number of halogens is 2. The highest BCUT2D eigenvalue weighted by Crippen LogP contribution is 2.25. The maximum atomic E-state index is 13.2. The van der Waals surface area contributed by atoms with Crippen molar-refractivity contribution >= 4 is 34.1 Å². The predicted octanol–water partition coefficient (Wildman–Crippen LogP) is 3.94. The van der Waals surface area contributed by atoms with Gasteiger partial charge in [-0.1, -0.05) is 11.6 Å². The molecule has 0 saturated carbocycles. The zero-order valence-corrected chi connectivity index (χ0v) is 14.8. The van der Waals surface area contributed by atoms with E-state index in [0.717, 1.165) is 5.56 Å². The van der Waals surface area contributed by atoms with Crippen LogP contribution in [0.1, 0.15) is 18.5 Å². The van der Waals surface area contributed by atoms with E-state index in [1.54, 1.807) is 31.7 Å². The van der Waals surface area contributed by atoms with Gasteiger partial charge in [-0.25, -0.2) is 9.18 Å². The summed E-state index contributed by atoms with van der Waals surface area (Å²) in [6.07, 6.45) is 4.72. The fraction of sp³-hybridized carbons (Fsp3) is 0.167. The lowest BCUT2D eigenvalue weighted by Gasteiger charge is -2.26. The molecule has 2 aromatic heterocycles. The highest BCUT2D eigenvalue weighted by Gasteiger charge is 2.20. The number of nitrogens with one attached hydrogen (secondary N) is 2. The first kappa shape index (κ1) is 17.9. The second-order valence-electron chi connectivity index (χ2n) is 5.84. The Morgan fingerprint density at radius 1 is 1.35 bits per heavy atom. The van der Waals surface area contributed by atoms with Gasteiger partial charge in [-0.15, -0.1) is 0 Å². The number of anilines is 1. The number of nitrogens with zero attached hydrogens (tertiary/aromatic N) is 2. The Morgan fingerprint density at radius 3 is 2.85 bits per heavy atom. The van der Waals surface area contributed by atoms with Crippen LogP contribution in [0.4, 0.5) is 14.9 Å². The summed E-state index contributed by atoms with van der Waals surface area (Å²) in [7, 11) is 1.62. The van der Waals surface area contributed by atoms with Crippen LogP contribution in [0.2, 0.25) is 5.02 Å². The van der Waals surface area contributed by atoms with E-state index in [1.807, 2.05) is 6.92 Å². The van der Waals surface area contributed by atoms with Crippen molar-refractivity contribution in [3.05, 3.63) is 69.6 Å². The van der Waals surface area contributed by atoms with Crippen molar-refractivity contribution in [2.45, 2.75) is 13.0 Å². The van der Waals surface area contributed by atoms with Crippen molar-refractivity contribution in [1.29, 1.82) is 0 Å². The SMILES string of the molecule is CC(c1c[nH]c(=O)c2ccncc12)N(C)C(=O)Nc1ccc(F)c(Cl)c1. The molecule has 3 rings (SSSR count). The van der Waals surface area contributed by atoms with E-state index < -0.39 is 11.8 Å². The zero-order valence-electron chi connectivity index (χ0n) is 14.1. The average Bonchev–Trinajstić information content (AvgIpc) is 2.64. The van der Waals surface area contributed by atoms with Crippen LogP contribution in [-0.4, -0.2) is 27.9 Å². The van der Waals surface area contributed by atoms with Crippen molar-refractivity contribution in [1.82, 2.24) is 14.9 Å². The van der Waals surface area contributed by atoms with Gasteiger partial charge in [0.25, 0.3) is 5.56 Å². The first-order chi connectivity index (χ1) is 12.4. The fourth-order valence-electron chi connectivity index (χ4n) is 2.64. The number of carbonyl (C=O) groups is 1. The van der Waals surface area contributed by atoms with E-state index in [4.69, 9.17) is 11.6 Å². The molecular formula is C18H16ClFN4O2. The number of aromatic nitrogens is 2. The first-order valence-corrected chi connectivity index (χ1v) is 8.20. The quantitative estimate of drug-likeness (QED) is 0.728. The van der Waals surface area contributed by atoms with Crippen molar-refractivity contribution in [2.75, 3.05) is 12.4 Å². The van der Waals surface area contributed by atoms with E-state index in [1.165, 1.54) is 23.1 Å². The fourth-order valence-corrected chi connectivity index (χ4v) is 2.82. The maximum absolute atomic E-state index is 13.2. The Hall–Kier alpha value is -2.93. The van der Waals surface area contributed by atoms with E-state index in [-0.39, 0.29) is 16.6 Å². The van der Waals surface area contributed by atoms with Crippen molar-refractivity contribution in [3.63, 3.8) is 0 Å². The van der Waals surface area contributed by atoms with Gasteiger partial charge in [0, 0.05) is 42.3 Å². The lowest BCUT2D eigenvalue weighted by Crippen LogP contribution is -2.34. The maximum Gasteiger partial charge on any atom is 0.322 e. The molecule has 26 heavy (non-hydrogen) atoms. The molecule has 0 aliphatic carbocycles. The molecule has 0 saturated heterocycles. The number of rotatable bonds is 3. The van der Waals surface area contributed by atoms with E-state index >= 15 is 0 Å². The van der Waals surface area contributed by atoms with E-state index in [9.17, 15) is 14.0 Å². The number of benzene rings is 1. The lowest BCUT2D eigenvalue weighted by atomic mass is 10.0. The van der Waals surface area contributed by atoms with Gasteiger partial charge in [-0.3, -0.25) is 9.78 Å². The molecule has 0 bridgehead atoms. The van der Waals surface area contributed by atoms with Crippen LogP contribution in [-0.2, 0) is 0 Å². The Bertz CT molecular complexity index is 1040. The van der Waals surface area contributed by atoms with Crippen molar-refractivity contribution < 1.29 is 9.18 Å². The molecule has 1 unspecified atom stereocenters. The van der Waals surface area contributed by atoms with Gasteiger partial charge in [0.2, 0.25) is 0 Å². The third kappa shape index (κ3) is 3.39. The Morgan fingerprint density at radius 2 is 2.12 bits per heavy atom. The van der Waals surface area contributed by atoms with Crippen LogP contribution in [0.15, 0.2) is 47.7 Å². The highest BCUT2D eigenvalue weighted by atomic mass is 35.5. The molecule has 8 heteroatoms. The molecule has 134 valence electrons. The topological polar surface area (TPSA) is 78.1 Å². The lowest BCUT2D eigenvalue weighted by molar-refractivity contribution is 0.208. The molecule has 0 aliphatic rings. The number of H-pyrrole nitrogens is 1. The van der Waals surface area contributed by atoms with Crippen molar-refractivity contribution in [3.8, 4) is 0 Å². The van der Waals surface area contributed by atoms with Gasteiger partial charge in [0.1, 0.15) is 5.82 Å². The number of hydrogen-bond acceptors (Lipinski definition) is 3. The van der Waals surface area contributed by atoms with Gasteiger partial charge in [-0.05, 0) is 31.2 Å². The monoisotopic (exact) mass is 374 g/mol. The molecule has 1 atom stereocenters.